The van der Waals surface area contributed by atoms with E-state index < -0.39 is 12.0 Å². The molecule has 0 amide bonds. The Balaban J connectivity index is 1.53. The van der Waals surface area contributed by atoms with E-state index in [0.717, 1.165) is 21.9 Å². The van der Waals surface area contributed by atoms with Crippen LogP contribution in [0.25, 0.3) is 22.5 Å². The Labute approximate surface area is 250 Å². The Morgan fingerprint density at radius 1 is 1.02 bits per heavy atom. The number of hydrogen-bond acceptors (Lipinski definition) is 8. The van der Waals surface area contributed by atoms with Gasteiger partial charge in [0.05, 0.1) is 35.6 Å². The Morgan fingerprint density at radius 3 is 2.63 bits per heavy atom. The lowest BCUT2D eigenvalue weighted by Gasteiger charge is -2.26. The lowest BCUT2D eigenvalue weighted by atomic mass is 9.93. The predicted octanol–water partition coefficient (Wildman–Crippen LogP) is 4.83. The number of thiazole rings is 1. The van der Waals surface area contributed by atoms with Crippen molar-refractivity contribution in [3.63, 3.8) is 0 Å². The van der Waals surface area contributed by atoms with Crippen LogP contribution in [0.3, 0.4) is 0 Å². The lowest BCUT2D eigenvalue weighted by Crippen LogP contribution is -2.40. The average Bonchev–Trinajstić information content (AvgIpc) is 3.64. The maximum Gasteiger partial charge on any atom is 0.338 e. The number of fused-ring (bicyclic) bond motifs is 3. The van der Waals surface area contributed by atoms with E-state index in [-0.39, 0.29) is 24.5 Å². The molecule has 8 nitrogen and oxygen atoms in total. The molecule has 0 radical (unpaired) electrons. The highest BCUT2D eigenvalue weighted by molar-refractivity contribution is 7.07. The number of benzene rings is 4. The molecule has 7 rings (SSSR count). The summed E-state index contributed by atoms with van der Waals surface area (Å²) in [6, 6.07) is 25.9. The molecule has 9 heteroatoms. The molecule has 5 aromatic rings. The van der Waals surface area contributed by atoms with E-state index in [2.05, 4.69) is 0 Å². The minimum atomic E-state index is -0.823. The number of methoxy groups -OCH3 is 1. The molecule has 2 aliphatic rings. The van der Waals surface area contributed by atoms with E-state index in [1.165, 1.54) is 11.3 Å². The molecule has 43 heavy (non-hydrogen) atoms. The monoisotopic (exact) mass is 590 g/mol. The molecule has 2 aliphatic heterocycles. The van der Waals surface area contributed by atoms with Crippen LogP contribution in [-0.4, -0.2) is 31.0 Å². The fraction of sp³-hybridized carbons (Fsp3) is 0.147. The van der Waals surface area contributed by atoms with E-state index in [4.69, 9.17) is 23.9 Å². The van der Waals surface area contributed by atoms with Crippen molar-refractivity contribution in [2.45, 2.75) is 13.0 Å². The fourth-order valence-electron chi connectivity index (χ4n) is 5.57. The molecule has 214 valence electrons. The van der Waals surface area contributed by atoms with Gasteiger partial charge in [-0.1, -0.05) is 78.1 Å². The van der Waals surface area contributed by atoms with Crippen molar-refractivity contribution in [1.82, 2.24) is 4.57 Å². The maximum atomic E-state index is 14.4. The van der Waals surface area contributed by atoms with Crippen molar-refractivity contribution in [2.75, 3.05) is 20.5 Å². The van der Waals surface area contributed by atoms with Gasteiger partial charge in [-0.3, -0.25) is 9.36 Å². The third kappa shape index (κ3) is 4.58. The van der Waals surface area contributed by atoms with Crippen LogP contribution in [0, 0.1) is 0 Å². The summed E-state index contributed by atoms with van der Waals surface area (Å²) in [7, 11) is 1.61. The van der Waals surface area contributed by atoms with Gasteiger partial charge in [0.15, 0.2) is 16.3 Å². The molecule has 0 aliphatic carbocycles. The van der Waals surface area contributed by atoms with E-state index in [0.29, 0.717) is 37.8 Å². The quantitative estimate of drug-likeness (QED) is 0.264. The van der Waals surface area contributed by atoms with Gasteiger partial charge in [0.1, 0.15) is 5.75 Å². The van der Waals surface area contributed by atoms with Crippen LogP contribution >= 0.6 is 11.3 Å². The molecular formula is C34H26N2O6S. The summed E-state index contributed by atoms with van der Waals surface area (Å²) in [5.74, 6) is 1.25. The van der Waals surface area contributed by atoms with Crippen molar-refractivity contribution in [1.29, 1.82) is 0 Å². The average molecular weight is 591 g/mol. The SMILES string of the molecule is CCOC(=O)C1=C(c2ccccc2)N=c2s/c(=C/c3c(OC)ccc4ccccc34)c(=O)n2C1c1ccc2c(c1)OCO2. The summed E-state index contributed by atoms with van der Waals surface area (Å²) in [5, 5.41) is 1.98. The smallest absolute Gasteiger partial charge is 0.338 e. The van der Waals surface area contributed by atoms with Crippen LogP contribution in [-0.2, 0) is 9.53 Å². The maximum absolute atomic E-state index is 14.4. The number of aromatic nitrogens is 1. The Kier molecular flexibility index (Phi) is 6.79. The first-order valence-electron chi connectivity index (χ1n) is 13.8. The largest absolute Gasteiger partial charge is 0.496 e. The molecule has 0 fully saturated rings. The van der Waals surface area contributed by atoms with Crippen molar-refractivity contribution < 1.29 is 23.7 Å². The molecule has 1 unspecified atom stereocenters. The summed E-state index contributed by atoms with van der Waals surface area (Å²) in [4.78, 5) is 33.5. The third-order valence-electron chi connectivity index (χ3n) is 7.51. The van der Waals surface area contributed by atoms with Crippen LogP contribution < -0.4 is 29.1 Å². The van der Waals surface area contributed by atoms with Gasteiger partial charge in [-0.15, -0.1) is 0 Å². The summed E-state index contributed by atoms with van der Waals surface area (Å²) >= 11 is 1.26. The van der Waals surface area contributed by atoms with Crippen LogP contribution in [0.5, 0.6) is 17.2 Å². The fourth-order valence-corrected chi connectivity index (χ4v) is 6.56. The van der Waals surface area contributed by atoms with Gasteiger partial charge in [0, 0.05) is 11.1 Å². The number of hydrogen-bond donors (Lipinski definition) is 0. The van der Waals surface area contributed by atoms with Gasteiger partial charge in [0.2, 0.25) is 6.79 Å². The zero-order valence-electron chi connectivity index (χ0n) is 23.4. The summed E-state index contributed by atoms with van der Waals surface area (Å²) in [5.41, 5.74) is 2.65. The topological polar surface area (TPSA) is 88.4 Å². The molecule has 0 spiro atoms. The van der Waals surface area contributed by atoms with E-state index >= 15 is 0 Å². The minimum Gasteiger partial charge on any atom is -0.496 e. The second-order valence-corrected chi connectivity index (χ2v) is 11.0. The highest BCUT2D eigenvalue weighted by atomic mass is 32.1. The number of nitrogens with zero attached hydrogens (tertiary/aromatic N) is 2. The van der Waals surface area contributed by atoms with E-state index in [1.807, 2.05) is 84.9 Å². The zero-order chi connectivity index (χ0) is 29.5. The second kappa shape index (κ2) is 10.9. The first-order chi connectivity index (χ1) is 21.1. The van der Waals surface area contributed by atoms with Crippen LogP contribution in [0.1, 0.15) is 29.7 Å². The highest BCUT2D eigenvalue weighted by Gasteiger charge is 2.36. The first kappa shape index (κ1) is 26.7. The van der Waals surface area contributed by atoms with Gasteiger partial charge in [-0.05, 0) is 47.5 Å². The minimum absolute atomic E-state index is 0.101. The number of ether oxygens (including phenoxy) is 4. The van der Waals surface area contributed by atoms with Crippen LogP contribution in [0.4, 0.5) is 0 Å². The number of rotatable bonds is 6. The molecule has 0 saturated heterocycles. The Morgan fingerprint density at radius 2 is 1.81 bits per heavy atom. The van der Waals surface area contributed by atoms with Gasteiger partial charge in [0.25, 0.3) is 5.56 Å². The summed E-state index contributed by atoms with van der Waals surface area (Å²) < 4.78 is 24.5. The third-order valence-corrected chi connectivity index (χ3v) is 8.50. The molecule has 0 bridgehead atoms. The number of esters is 1. The molecule has 0 saturated carbocycles. The van der Waals surface area contributed by atoms with Crippen molar-refractivity contribution in [3.8, 4) is 17.2 Å². The van der Waals surface area contributed by atoms with Crippen LogP contribution in [0.15, 0.2) is 100 Å². The van der Waals surface area contributed by atoms with E-state index in [9.17, 15) is 9.59 Å². The van der Waals surface area contributed by atoms with Crippen molar-refractivity contribution in [3.05, 3.63) is 127 Å². The summed E-state index contributed by atoms with van der Waals surface area (Å²) in [6.45, 7) is 2.02. The number of carbonyl (C=O) groups is 1. The van der Waals surface area contributed by atoms with Crippen LogP contribution in [0.2, 0.25) is 0 Å². The van der Waals surface area contributed by atoms with Crippen molar-refractivity contribution in [2.24, 2.45) is 4.99 Å². The predicted molar refractivity (Wildman–Crippen MR) is 164 cm³/mol. The van der Waals surface area contributed by atoms with Gasteiger partial charge < -0.3 is 18.9 Å². The molecule has 1 aromatic heterocycles. The van der Waals surface area contributed by atoms with E-state index in [1.54, 1.807) is 24.7 Å². The van der Waals surface area contributed by atoms with Crippen molar-refractivity contribution >= 4 is 39.9 Å². The summed E-state index contributed by atoms with van der Waals surface area (Å²) in [6.07, 6.45) is 1.85. The lowest BCUT2D eigenvalue weighted by molar-refractivity contribution is -0.138. The molecule has 1 atom stereocenters. The first-order valence-corrected chi connectivity index (χ1v) is 14.6. The standard InChI is InChI=1S/C34H26N2O6S/c1-3-40-33(38)29-30(21-10-5-4-6-11-21)35-34-36(31(29)22-14-16-26-27(17-22)42-19-41-26)32(37)28(43-34)18-24-23-12-8-7-9-20(23)13-15-25(24)39-2/h4-18,31H,3,19H2,1-2H3/b28-18+. The van der Waals surface area contributed by atoms with Gasteiger partial charge >= 0.3 is 5.97 Å². The Hall–Kier alpha value is -5.15. The molecule has 4 aromatic carbocycles. The van der Waals surface area contributed by atoms with Gasteiger partial charge in [-0.2, -0.15) is 0 Å². The second-order valence-electron chi connectivity index (χ2n) is 9.95. The zero-order valence-corrected chi connectivity index (χ0v) is 24.2. The molecule has 0 N–H and O–H groups in total. The highest BCUT2D eigenvalue weighted by Crippen LogP contribution is 2.40. The Bertz CT molecular complexity index is 2110. The van der Waals surface area contributed by atoms with Gasteiger partial charge in [-0.25, -0.2) is 9.79 Å². The number of carbonyl (C=O) groups excluding carboxylic acids is 1. The normalized spacial score (nSPS) is 15.8. The molecular weight excluding hydrogens is 564 g/mol. The molecule has 3 heterocycles.